The lowest BCUT2D eigenvalue weighted by atomic mass is 10.00. The predicted molar refractivity (Wildman–Crippen MR) is 76.7 cm³/mol. The average molecular weight is 312 g/mol. The van der Waals surface area contributed by atoms with E-state index in [1.807, 2.05) is 0 Å². The van der Waals surface area contributed by atoms with Crippen molar-refractivity contribution in [2.24, 2.45) is 5.41 Å². The molecule has 0 unspecified atom stereocenters. The van der Waals surface area contributed by atoms with Gasteiger partial charge in [-0.2, -0.15) is 5.10 Å². The van der Waals surface area contributed by atoms with Gasteiger partial charge >= 0.3 is 0 Å². The van der Waals surface area contributed by atoms with Crippen LogP contribution in [0.1, 0.15) is 44.0 Å². The molecule has 18 heavy (non-hydrogen) atoms. The van der Waals surface area contributed by atoms with E-state index in [9.17, 15) is 0 Å². The number of halogens is 1. The summed E-state index contributed by atoms with van der Waals surface area (Å²) in [4.78, 5) is 0. The molecular weight excluding hydrogens is 290 g/mol. The Bertz CT molecular complexity index is 444. The lowest BCUT2D eigenvalue weighted by Gasteiger charge is -2.17. The molecule has 2 aliphatic carbocycles. The number of aryl methyl sites for hydroxylation is 2. The second-order valence-electron chi connectivity index (χ2n) is 5.99. The van der Waals surface area contributed by atoms with Crippen LogP contribution in [-0.4, -0.2) is 22.4 Å². The summed E-state index contributed by atoms with van der Waals surface area (Å²) in [5, 5.41) is 8.30. The van der Waals surface area contributed by atoms with Gasteiger partial charge in [0.05, 0.1) is 15.9 Å². The van der Waals surface area contributed by atoms with Crippen molar-refractivity contribution < 1.29 is 0 Å². The van der Waals surface area contributed by atoms with E-state index in [1.165, 1.54) is 48.8 Å². The molecule has 1 N–H and O–H groups in total. The molecule has 2 aliphatic rings. The maximum atomic E-state index is 4.60. The Morgan fingerprint density at radius 1 is 1.44 bits per heavy atom. The van der Waals surface area contributed by atoms with Gasteiger partial charge in [0, 0.05) is 19.1 Å². The van der Waals surface area contributed by atoms with Gasteiger partial charge in [0.15, 0.2) is 0 Å². The monoisotopic (exact) mass is 311 g/mol. The molecule has 0 aliphatic heterocycles. The van der Waals surface area contributed by atoms with Crippen LogP contribution in [0.25, 0.3) is 0 Å². The van der Waals surface area contributed by atoms with Crippen molar-refractivity contribution >= 4 is 15.9 Å². The summed E-state index contributed by atoms with van der Waals surface area (Å²) in [6.45, 7) is 6.41. The van der Waals surface area contributed by atoms with Gasteiger partial charge in [0.1, 0.15) is 0 Å². The van der Waals surface area contributed by atoms with Crippen LogP contribution in [0.2, 0.25) is 0 Å². The minimum absolute atomic E-state index is 0.518. The number of aromatic nitrogens is 2. The van der Waals surface area contributed by atoms with Gasteiger partial charge in [0.2, 0.25) is 0 Å². The number of hydrogen-bond donors (Lipinski definition) is 1. The van der Waals surface area contributed by atoms with Gasteiger partial charge in [-0.3, -0.25) is 4.68 Å². The predicted octanol–water partition coefficient (Wildman–Crippen LogP) is 3.05. The topological polar surface area (TPSA) is 29.9 Å². The lowest BCUT2D eigenvalue weighted by Crippen LogP contribution is -2.28. The highest BCUT2D eigenvalue weighted by Gasteiger charge is 2.44. The number of rotatable bonds is 6. The molecule has 2 fully saturated rings. The van der Waals surface area contributed by atoms with E-state index in [0.29, 0.717) is 5.41 Å². The van der Waals surface area contributed by atoms with Crippen molar-refractivity contribution in [3.8, 4) is 0 Å². The minimum Gasteiger partial charge on any atom is -0.313 e. The van der Waals surface area contributed by atoms with Crippen LogP contribution in [0.5, 0.6) is 0 Å². The molecular formula is C14H22BrN3. The minimum atomic E-state index is 0.518. The zero-order chi connectivity index (χ0) is 12.8. The van der Waals surface area contributed by atoms with Crippen molar-refractivity contribution in [3.63, 3.8) is 0 Å². The third-order valence-corrected chi connectivity index (χ3v) is 5.33. The van der Waals surface area contributed by atoms with Crippen LogP contribution in [0.3, 0.4) is 0 Å². The van der Waals surface area contributed by atoms with Gasteiger partial charge in [-0.05, 0) is 67.3 Å². The summed E-state index contributed by atoms with van der Waals surface area (Å²) < 4.78 is 3.39. The van der Waals surface area contributed by atoms with Crippen molar-refractivity contribution in [1.29, 1.82) is 0 Å². The van der Waals surface area contributed by atoms with E-state index in [4.69, 9.17) is 0 Å². The second-order valence-corrected chi connectivity index (χ2v) is 6.79. The summed E-state index contributed by atoms with van der Waals surface area (Å²) in [5.41, 5.74) is 3.03. The van der Waals surface area contributed by atoms with Crippen LogP contribution in [0, 0.1) is 12.3 Å². The maximum Gasteiger partial charge on any atom is 0.0738 e. The number of nitrogens with one attached hydrogen (secondary N) is 1. The van der Waals surface area contributed by atoms with Crippen molar-refractivity contribution in [1.82, 2.24) is 15.1 Å². The third-order valence-electron chi connectivity index (χ3n) is 4.30. The van der Waals surface area contributed by atoms with E-state index in [1.54, 1.807) is 0 Å². The summed E-state index contributed by atoms with van der Waals surface area (Å²) >= 11 is 3.71. The van der Waals surface area contributed by atoms with Crippen LogP contribution in [0.15, 0.2) is 4.47 Å². The second kappa shape index (κ2) is 4.64. The Morgan fingerprint density at radius 2 is 2.17 bits per heavy atom. The fraction of sp³-hybridized carbons (Fsp3) is 0.786. The maximum absolute atomic E-state index is 4.60. The average Bonchev–Trinajstić information content (AvgIpc) is 3.24. The van der Waals surface area contributed by atoms with Gasteiger partial charge < -0.3 is 5.32 Å². The molecule has 0 radical (unpaired) electrons. The summed E-state index contributed by atoms with van der Waals surface area (Å²) in [5.74, 6) is 0. The highest BCUT2D eigenvalue weighted by atomic mass is 79.9. The SMILES string of the molecule is CCn1nc(C)c(Br)c1CC1(CNC2CC2)CC1. The molecule has 2 saturated carbocycles. The Hall–Kier alpha value is -0.350. The molecule has 0 atom stereocenters. The molecule has 0 aromatic carbocycles. The molecule has 0 saturated heterocycles. The Kier molecular flexibility index (Phi) is 3.27. The van der Waals surface area contributed by atoms with Crippen LogP contribution >= 0.6 is 15.9 Å². The fourth-order valence-corrected chi connectivity index (χ4v) is 3.06. The largest absolute Gasteiger partial charge is 0.313 e. The first-order valence-electron chi connectivity index (χ1n) is 7.09. The zero-order valence-corrected chi connectivity index (χ0v) is 12.9. The van der Waals surface area contributed by atoms with Crippen molar-refractivity contribution in [2.45, 2.75) is 58.5 Å². The first-order chi connectivity index (χ1) is 8.63. The van der Waals surface area contributed by atoms with Crippen LogP contribution in [-0.2, 0) is 13.0 Å². The molecule has 100 valence electrons. The number of hydrogen-bond acceptors (Lipinski definition) is 2. The smallest absolute Gasteiger partial charge is 0.0738 e. The fourth-order valence-electron chi connectivity index (χ4n) is 2.63. The highest BCUT2D eigenvalue weighted by molar-refractivity contribution is 9.10. The van der Waals surface area contributed by atoms with E-state index in [-0.39, 0.29) is 0 Å². The molecule has 3 nitrogen and oxygen atoms in total. The molecule has 0 spiro atoms. The van der Waals surface area contributed by atoms with Gasteiger partial charge in [0.25, 0.3) is 0 Å². The third kappa shape index (κ3) is 2.50. The van der Waals surface area contributed by atoms with Gasteiger partial charge in [-0.1, -0.05) is 0 Å². The van der Waals surface area contributed by atoms with Crippen LogP contribution in [0.4, 0.5) is 0 Å². The molecule has 1 heterocycles. The van der Waals surface area contributed by atoms with Gasteiger partial charge in [-0.15, -0.1) is 0 Å². The molecule has 0 bridgehead atoms. The molecule has 0 amide bonds. The van der Waals surface area contributed by atoms with E-state index < -0.39 is 0 Å². The Balaban J connectivity index is 1.71. The van der Waals surface area contributed by atoms with Gasteiger partial charge in [-0.25, -0.2) is 0 Å². The first kappa shape index (κ1) is 12.7. The lowest BCUT2D eigenvalue weighted by molar-refractivity contribution is 0.435. The standard InChI is InChI=1S/C14H22BrN3/c1-3-18-12(13(15)10(2)17-18)8-14(6-7-14)9-16-11-4-5-11/h11,16H,3-9H2,1-2H3. The van der Waals surface area contributed by atoms with E-state index in [2.05, 4.69) is 44.9 Å². The van der Waals surface area contributed by atoms with Crippen LogP contribution < -0.4 is 5.32 Å². The molecule has 1 aromatic rings. The summed E-state index contributed by atoms with van der Waals surface area (Å²) in [6.07, 6.45) is 6.67. The summed E-state index contributed by atoms with van der Waals surface area (Å²) in [6, 6.07) is 0.823. The van der Waals surface area contributed by atoms with Crippen molar-refractivity contribution in [2.75, 3.05) is 6.54 Å². The first-order valence-corrected chi connectivity index (χ1v) is 7.88. The summed E-state index contributed by atoms with van der Waals surface area (Å²) in [7, 11) is 0. The normalized spacial score (nSPS) is 21.3. The Morgan fingerprint density at radius 3 is 2.72 bits per heavy atom. The highest BCUT2D eigenvalue weighted by Crippen LogP contribution is 2.49. The molecule has 4 heteroatoms. The quantitative estimate of drug-likeness (QED) is 0.875. The molecule has 1 aromatic heterocycles. The molecule has 3 rings (SSSR count). The Labute approximate surface area is 117 Å². The number of nitrogens with zero attached hydrogens (tertiary/aromatic N) is 2. The van der Waals surface area contributed by atoms with Crippen molar-refractivity contribution in [3.05, 3.63) is 15.9 Å². The zero-order valence-electron chi connectivity index (χ0n) is 11.3. The van der Waals surface area contributed by atoms with E-state index >= 15 is 0 Å². The van der Waals surface area contributed by atoms with E-state index in [0.717, 1.165) is 18.3 Å².